The zero-order valence-corrected chi connectivity index (χ0v) is 17.8. The Morgan fingerprint density at radius 3 is 2.39 bits per heavy atom. The van der Waals surface area contributed by atoms with Gasteiger partial charge in [0, 0.05) is 37.6 Å². The second kappa shape index (κ2) is 8.82. The Hall–Kier alpha value is -1.60. The fourth-order valence-corrected chi connectivity index (χ4v) is 5.61. The molecule has 1 amide bonds. The minimum Gasteiger partial charge on any atom is -0.341 e. The van der Waals surface area contributed by atoms with Crippen LogP contribution in [0.15, 0.2) is 53.4 Å². The van der Waals surface area contributed by atoms with E-state index in [4.69, 9.17) is 23.2 Å². The van der Waals surface area contributed by atoms with Gasteiger partial charge in [-0.2, -0.15) is 4.31 Å². The first kappa shape index (κ1) is 21.1. The zero-order chi connectivity index (χ0) is 20.3. The number of nitrogens with zero attached hydrogens (tertiary/aromatic N) is 2. The number of hydrogen-bond donors (Lipinski definition) is 0. The van der Waals surface area contributed by atoms with Crippen LogP contribution in [-0.4, -0.2) is 43.7 Å². The van der Waals surface area contributed by atoms with E-state index < -0.39 is 10.0 Å². The fourth-order valence-electron chi connectivity index (χ4n) is 3.40. The molecule has 0 N–H and O–H groups in total. The van der Waals surface area contributed by atoms with Gasteiger partial charge in [-0.1, -0.05) is 53.5 Å². The number of rotatable bonds is 5. The fraction of sp³-hybridized carbons (Fsp3) is 0.350. The molecule has 0 aromatic heterocycles. The summed E-state index contributed by atoms with van der Waals surface area (Å²) in [4.78, 5) is 14.5. The molecule has 2 aromatic rings. The smallest absolute Gasteiger partial charge is 0.244 e. The van der Waals surface area contributed by atoms with Gasteiger partial charge in [-0.15, -0.1) is 0 Å². The summed E-state index contributed by atoms with van der Waals surface area (Å²) in [5, 5.41) is 0.459. The summed E-state index contributed by atoms with van der Waals surface area (Å²) in [6.07, 6.45) is 0.963. The van der Waals surface area contributed by atoms with Gasteiger partial charge in [0.05, 0.1) is 5.02 Å². The highest BCUT2D eigenvalue weighted by Crippen LogP contribution is 2.30. The number of piperidine rings is 1. The van der Waals surface area contributed by atoms with Crippen molar-refractivity contribution in [3.05, 3.63) is 64.1 Å². The van der Waals surface area contributed by atoms with Crippen LogP contribution in [0.3, 0.4) is 0 Å². The van der Waals surface area contributed by atoms with Gasteiger partial charge in [-0.25, -0.2) is 8.42 Å². The van der Waals surface area contributed by atoms with Crippen LogP contribution in [-0.2, 0) is 21.4 Å². The van der Waals surface area contributed by atoms with Gasteiger partial charge in [0.15, 0.2) is 0 Å². The molecule has 5 nitrogen and oxygen atoms in total. The maximum Gasteiger partial charge on any atom is 0.244 e. The minimum atomic E-state index is -3.74. The van der Waals surface area contributed by atoms with Crippen molar-refractivity contribution in [2.75, 3.05) is 20.1 Å². The van der Waals surface area contributed by atoms with E-state index in [0.29, 0.717) is 24.4 Å². The third-order valence-electron chi connectivity index (χ3n) is 4.95. The Kier molecular flexibility index (Phi) is 6.65. The molecule has 0 bridgehead atoms. The second-order valence-electron chi connectivity index (χ2n) is 6.93. The lowest BCUT2D eigenvalue weighted by molar-refractivity contribution is -0.135. The van der Waals surface area contributed by atoms with Gasteiger partial charge < -0.3 is 4.90 Å². The molecule has 0 spiro atoms. The molecule has 0 unspecified atom stereocenters. The van der Waals surface area contributed by atoms with Crippen LogP contribution in [0.2, 0.25) is 10.0 Å². The molecule has 28 heavy (non-hydrogen) atoms. The molecule has 150 valence electrons. The molecule has 1 saturated heterocycles. The molecule has 1 aliphatic rings. The molecule has 3 rings (SSSR count). The third-order valence-corrected chi connectivity index (χ3v) is 7.57. The predicted molar refractivity (Wildman–Crippen MR) is 111 cm³/mol. The highest BCUT2D eigenvalue weighted by atomic mass is 35.5. The maximum absolute atomic E-state index is 12.9. The number of halogens is 2. The Morgan fingerprint density at radius 2 is 1.75 bits per heavy atom. The highest BCUT2D eigenvalue weighted by molar-refractivity contribution is 7.89. The van der Waals surface area contributed by atoms with Crippen molar-refractivity contribution in [2.45, 2.75) is 24.3 Å². The molecular weight excluding hydrogens is 419 g/mol. The summed E-state index contributed by atoms with van der Waals surface area (Å²) in [6, 6.07) is 14.2. The van der Waals surface area contributed by atoms with Crippen molar-refractivity contribution in [2.24, 2.45) is 5.92 Å². The summed E-state index contributed by atoms with van der Waals surface area (Å²) in [7, 11) is -1.96. The molecule has 0 saturated carbocycles. The summed E-state index contributed by atoms with van der Waals surface area (Å²) < 4.78 is 27.2. The molecule has 1 fully saturated rings. The molecule has 2 aromatic carbocycles. The van der Waals surface area contributed by atoms with E-state index >= 15 is 0 Å². The number of carbonyl (C=O) groups is 1. The van der Waals surface area contributed by atoms with E-state index in [-0.39, 0.29) is 34.8 Å². The monoisotopic (exact) mass is 440 g/mol. The molecule has 1 heterocycles. The van der Waals surface area contributed by atoms with E-state index in [9.17, 15) is 13.2 Å². The van der Waals surface area contributed by atoms with Crippen molar-refractivity contribution < 1.29 is 13.2 Å². The first-order valence-corrected chi connectivity index (χ1v) is 11.2. The number of carbonyl (C=O) groups excluding carboxylic acids is 1. The third kappa shape index (κ3) is 4.69. The summed E-state index contributed by atoms with van der Waals surface area (Å²) in [6.45, 7) is 1.10. The molecule has 0 aliphatic carbocycles. The van der Waals surface area contributed by atoms with E-state index in [1.165, 1.54) is 16.4 Å². The molecular formula is C20H22Cl2N2O3S. The van der Waals surface area contributed by atoms with Crippen LogP contribution in [0.4, 0.5) is 0 Å². The zero-order valence-electron chi connectivity index (χ0n) is 15.5. The largest absolute Gasteiger partial charge is 0.341 e. The number of amides is 1. The lowest BCUT2D eigenvalue weighted by Gasteiger charge is -2.32. The van der Waals surface area contributed by atoms with E-state index in [1.54, 1.807) is 18.0 Å². The number of benzene rings is 2. The predicted octanol–water partition coefficient (Wildman–Crippen LogP) is 4.05. The quantitative estimate of drug-likeness (QED) is 0.704. The van der Waals surface area contributed by atoms with Crippen LogP contribution < -0.4 is 0 Å². The second-order valence-corrected chi connectivity index (χ2v) is 9.68. The highest BCUT2D eigenvalue weighted by Gasteiger charge is 2.34. The van der Waals surface area contributed by atoms with Gasteiger partial charge in [-0.05, 0) is 36.6 Å². The van der Waals surface area contributed by atoms with E-state index in [1.807, 2.05) is 30.3 Å². The van der Waals surface area contributed by atoms with E-state index in [0.717, 1.165) is 5.56 Å². The van der Waals surface area contributed by atoms with Crippen molar-refractivity contribution in [3.63, 3.8) is 0 Å². The van der Waals surface area contributed by atoms with Gasteiger partial charge >= 0.3 is 0 Å². The normalized spacial score (nSPS) is 16.1. The first-order chi connectivity index (χ1) is 13.3. The van der Waals surface area contributed by atoms with Crippen LogP contribution >= 0.6 is 23.2 Å². The van der Waals surface area contributed by atoms with Gasteiger partial charge in [0.25, 0.3) is 0 Å². The van der Waals surface area contributed by atoms with Gasteiger partial charge in [0.2, 0.25) is 15.9 Å². The Morgan fingerprint density at radius 1 is 1.11 bits per heavy atom. The Bertz CT molecular complexity index is 943. The lowest BCUT2D eigenvalue weighted by Crippen LogP contribution is -2.43. The minimum absolute atomic E-state index is 0.00707. The number of hydrogen-bond acceptors (Lipinski definition) is 3. The van der Waals surface area contributed by atoms with Crippen LogP contribution in [0.1, 0.15) is 18.4 Å². The van der Waals surface area contributed by atoms with Crippen LogP contribution in [0.5, 0.6) is 0 Å². The Labute approximate surface area is 175 Å². The topological polar surface area (TPSA) is 57.7 Å². The SMILES string of the molecule is CN(Cc1ccccc1)C(=O)C1CCN(S(=O)(=O)c2cc(Cl)ccc2Cl)CC1. The average molecular weight is 441 g/mol. The number of sulfonamides is 1. The van der Waals surface area contributed by atoms with Crippen molar-refractivity contribution in [3.8, 4) is 0 Å². The van der Waals surface area contributed by atoms with Crippen molar-refractivity contribution >= 4 is 39.1 Å². The molecule has 0 radical (unpaired) electrons. The summed E-state index contributed by atoms with van der Waals surface area (Å²) >= 11 is 12.0. The maximum atomic E-state index is 12.9. The lowest BCUT2D eigenvalue weighted by atomic mass is 9.96. The molecule has 1 aliphatic heterocycles. The first-order valence-electron chi connectivity index (χ1n) is 9.03. The van der Waals surface area contributed by atoms with Crippen molar-refractivity contribution in [1.29, 1.82) is 0 Å². The standard InChI is InChI=1S/C20H22Cl2N2O3S/c1-23(14-15-5-3-2-4-6-15)20(25)16-9-11-24(12-10-16)28(26,27)19-13-17(21)7-8-18(19)22/h2-8,13,16H,9-12,14H2,1H3. The van der Waals surface area contributed by atoms with Crippen LogP contribution in [0.25, 0.3) is 0 Å². The Balaban J connectivity index is 1.63. The van der Waals surface area contributed by atoms with Gasteiger partial charge in [-0.3, -0.25) is 4.79 Å². The van der Waals surface area contributed by atoms with Crippen molar-refractivity contribution in [1.82, 2.24) is 9.21 Å². The molecule has 8 heteroatoms. The molecule has 0 atom stereocenters. The van der Waals surface area contributed by atoms with Gasteiger partial charge in [0.1, 0.15) is 4.90 Å². The van der Waals surface area contributed by atoms with E-state index in [2.05, 4.69) is 0 Å². The average Bonchev–Trinajstić information content (AvgIpc) is 2.70. The summed E-state index contributed by atoms with van der Waals surface area (Å²) in [5.41, 5.74) is 1.06. The summed E-state index contributed by atoms with van der Waals surface area (Å²) in [5.74, 6) is -0.142. The van der Waals surface area contributed by atoms with Crippen LogP contribution in [0, 0.1) is 5.92 Å².